The Kier molecular flexibility index (Phi) is 6.07. The third-order valence-electron chi connectivity index (χ3n) is 7.49. The molecular weight excluding hydrogens is 346 g/mol. The molecule has 3 aliphatic rings. The predicted octanol–water partition coefficient (Wildman–Crippen LogP) is 3.37. The van der Waals surface area contributed by atoms with Crippen LogP contribution in [0.5, 0.6) is 0 Å². The molecule has 154 valence electrons. The number of hydrogen-bond donors (Lipinski definition) is 0. The van der Waals surface area contributed by atoms with Crippen molar-refractivity contribution in [2.75, 3.05) is 46.3 Å². The third kappa shape index (κ3) is 4.13. The maximum absolute atomic E-state index is 13.4. The molecule has 0 unspecified atom stereocenters. The molecule has 3 fully saturated rings. The van der Waals surface area contributed by atoms with Crippen LogP contribution < -0.4 is 0 Å². The normalized spacial score (nSPS) is 24.2. The van der Waals surface area contributed by atoms with E-state index < -0.39 is 0 Å². The zero-order valence-corrected chi connectivity index (χ0v) is 17.8. The van der Waals surface area contributed by atoms with Crippen molar-refractivity contribution in [3.8, 4) is 0 Å². The lowest BCUT2D eigenvalue weighted by Gasteiger charge is -2.42. The molecule has 1 saturated carbocycles. The van der Waals surface area contributed by atoms with E-state index in [2.05, 4.69) is 52.9 Å². The predicted molar refractivity (Wildman–Crippen MR) is 114 cm³/mol. The average molecular weight is 384 g/mol. The summed E-state index contributed by atoms with van der Waals surface area (Å²) in [6.45, 7) is 8.85. The summed E-state index contributed by atoms with van der Waals surface area (Å²) < 4.78 is 0. The fourth-order valence-corrected chi connectivity index (χ4v) is 5.34. The molecule has 1 aromatic carbocycles. The number of piperidine rings is 2. The van der Waals surface area contributed by atoms with Crippen molar-refractivity contribution in [2.24, 2.45) is 5.92 Å². The van der Waals surface area contributed by atoms with Crippen LogP contribution in [0.15, 0.2) is 30.3 Å². The molecule has 4 nitrogen and oxygen atoms in total. The van der Waals surface area contributed by atoms with E-state index in [1.54, 1.807) is 0 Å². The topological polar surface area (TPSA) is 26.8 Å². The second-order valence-corrected chi connectivity index (χ2v) is 9.31. The van der Waals surface area contributed by atoms with Crippen LogP contribution in [-0.2, 0) is 10.2 Å². The Bertz CT molecular complexity index is 641. The van der Waals surface area contributed by atoms with Crippen LogP contribution in [0.1, 0.15) is 51.0 Å². The minimum absolute atomic E-state index is 0.216. The molecule has 4 rings (SSSR count). The fourth-order valence-electron chi connectivity index (χ4n) is 5.34. The van der Waals surface area contributed by atoms with E-state index >= 15 is 0 Å². The van der Waals surface area contributed by atoms with Gasteiger partial charge in [0.15, 0.2) is 0 Å². The minimum atomic E-state index is -0.216. The van der Waals surface area contributed by atoms with Crippen LogP contribution in [-0.4, -0.2) is 73.0 Å². The Morgan fingerprint density at radius 2 is 1.68 bits per heavy atom. The number of nitrogens with zero attached hydrogens (tertiary/aromatic N) is 3. The van der Waals surface area contributed by atoms with E-state index in [0.29, 0.717) is 11.8 Å². The van der Waals surface area contributed by atoms with Gasteiger partial charge in [-0.1, -0.05) is 30.3 Å². The van der Waals surface area contributed by atoms with Crippen molar-refractivity contribution in [3.63, 3.8) is 0 Å². The van der Waals surface area contributed by atoms with Crippen molar-refractivity contribution >= 4 is 5.91 Å². The summed E-state index contributed by atoms with van der Waals surface area (Å²) in [5.41, 5.74) is 1.00. The highest BCUT2D eigenvalue weighted by Crippen LogP contribution is 2.49. The van der Waals surface area contributed by atoms with E-state index in [9.17, 15) is 4.79 Å². The van der Waals surface area contributed by atoms with Crippen LogP contribution in [0.2, 0.25) is 0 Å². The van der Waals surface area contributed by atoms with Gasteiger partial charge in [-0.2, -0.15) is 0 Å². The molecule has 1 aromatic rings. The fraction of sp³-hybridized carbons (Fsp3) is 0.708. The first-order chi connectivity index (χ1) is 13.6. The maximum Gasteiger partial charge on any atom is 0.233 e. The number of likely N-dealkylation sites (N-methyl/N-ethyl adjacent to an activating group) is 1. The van der Waals surface area contributed by atoms with E-state index in [1.807, 2.05) is 6.07 Å². The van der Waals surface area contributed by atoms with Gasteiger partial charge in [-0.25, -0.2) is 0 Å². The monoisotopic (exact) mass is 383 g/mol. The highest BCUT2D eigenvalue weighted by atomic mass is 16.2. The van der Waals surface area contributed by atoms with Gasteiger partial charge in [0, 0.05) is 19.1 Å². The molecule has 0 atom stereocenters. The smallest absolute Gasteiger partial charge is 0.233 e. The van der Waals surface area contributed by atoms with Gasteiger partial charge >= 0.3 is 0 Å². The van der Waals surface area contributed by atoms with Gasteiger partial charge < -0.3 is 14.7 Å². The first kappa shape index (κ1) is 19.9. The highest BCUT2D eigenvalue weighted by molar-refractivity contribution is 5.91. The van der Waals surface area contributed by atoms with Gasteiger partial charge in [0.2, 0.25) is 5.91 Å². The summed E-state index contributed by atoms with van der Waals surface area (Å²) in [7, 11) is 2.24. The molecule has 0 bridgehead atoms. The van der Waals surface area contributed by atoms with E-state index in [4.69, 9.17) is 0 Å². The lowest BCUT2D eigenvalue weighted by Crippen LogP contribution is -2.49. The molecule has 1 aliphatic carbocycles. The summed E-state index contributed by atoms with van der Waals surface area (Å²) in [5.74, 6) is 1.04. The van der Waals surface area contributed by atoms with Gasteiger partial charge in [0.05, 0.1) is 5.41 Å². The Morgan fingerprint density at radius 1 is 1.04 bits per heavy atom. The minimum Gasteiger partial charge on any atom is -0.342 e. The van der Waals surface area contributed by atoms with Crippen LogP contribution in [0.25, 0.3) is 0 Å². The first-order valence-corrected chi connectivity index (χ1v) is 11.4. The van der Waals surface area contributed by atoms with Gasteiger partial charge in [-0.05, 0) is 90.2 Å². The third-order valence-corrected chi connectivity index (χ3v) is 7.49. The average Bonchev–Trinajstić information content (AvgIpc) is 3.55. The van der Waals surface area contributed by atoms with Crippen molar-refractivity contribution in [1.29, 1.82) is 0 Å². The van der Waals surface area contributed by atoms with Crippen molar-refractivity contribution in [3.05, 3.63) is 35.9 Å². The molecule has 4 heteroatoms. The number of carbonyl (C=O) groups excluding carboxylic acids is 1. The molecule has 2 saturated heterocycles. The van der Waals surface area contributed by atoms with Gasteiger partial charge in [0.25, 0.3) is 0 Å². The molecule has 2 aliphatic heterocycles. The quantitative estimate of drug-likeness (QED) is 0.754. The number of rotatable bonds is 6. The highest BCUT2D eigenvalue weighted by Gasteiger charge is 2.52. The zero-order valence-electron chi connectivity index (χ0n) is 17.8. The summed E-state index contributed by atoms with van der Waals surface area (Å²) in [6.07, 6.45) is 7.16. The molecule has 0 spiro atoms. The van der Waals surface area contributed by atoms with Crippen molar-refractivity contribution < 1.29 is 4.79 Å². The first-order valence-electron chi connectivity index (χ1n) is 11.4. The Balaban J connectivity index is 1.31. The van der Waals surface area contributed by atoms with E-state index in [-0.39, 0.29) is 5.41 Å². The summed E-state index contributed by atoms with van der Waals surface area (Å²) in [6, 6.07) is 11.2. The SMILES string of the molecule is CCN(CC1CCN(C2CCN(C)CC2)CC1)C(=O)C1(c2ccccc2)CC1. The second-order valence-electron chi connectivity index (χ2n) is 9.31. The number of carbonyl (C=O) groups is 1. The lowest BCUT2D eigenvalue weighted by atomic mass is 9.91. The van der Waals surface area contributed by atoms with Gasteiger partial charge in [0.1, 0.15) is 0 Å². The Morgan fingerprint density at radius 3 is 2.25 bits per heavy atom. The largest absolute Gasteiger partial charge is 0.342 e. The standard InChI is InChI=1S/C24H37N3O/c1-3-26(23(28)24(13-14-24)21-7-5-4-6-8-21)19-20-9-17-27(18-10-20)22-11-15-25(2)16-12-22/h4-8,20,22H,3,9-19H2,1-2H3. The van der Waals surface area contributed by atoms with E-state index in [1.165, 1.54) is 57.4 Å². The van der Waals surface area contributed by atoms with Gasteiger partial charge in [-0.15, -0.1) is 0 Å². The molecule has 28 heavy (non-hydrogen) atoms. The lowest BCUT2D eigenvalue weighted by molar-refractivity contribution is -0.134. The second kappa shape index (κ2) is 8.54. The van der Waals surface area contributed by atoms with Crippen LogP contribution in [0, 0.1) is 5.92 Å². The molecule has 0 aromatic heterocycles. The molecule has 1 amide bonds. The van der Waals surface area contributed by atoms with Crippen molar-refractivity contribution in [2.45, 2.75) is 56.9 Å². The molecule has 2 heterocycles. The van der Waals surface area contributed by atoms with Crippen LogP contribution in [0.4, 0.5) is 0 Å². The van der Waals surface area contributed by atoms with Gasteiger partial charge in [-0.3, -0.25) is 4.79 Å². The van der Waals surface area contributed by atoms with Crippen molar-refractivity contribution in [1.82, 2.24) is 14.7 Å². The number of benzene rings is 1. The zero-order chi connectivity index (χ0) is 19.6. The number of hydrogen-bond acceptors (Lipinski definition) is 3. The number of amides is 1. The molecule has 0 N–H and O–H groups in total. The Labute approximate surface area is 170 Å². The van der Waals surface area contributed by atoms with E-state index in [0.717, 1.165) is 32.0 Å². The molecular formula is C24H37N3O. The summed E-state index contributed by atoms with van der Waals surface area (Å²) >= 11 is 0. The molecule has 0 radical (unpaired) electrons. The Hall–Kier alpha value is -1.39. The maximum atomic E-state index is 13.4. The summed E-state index contributed by atoms with van der Waals surface area (Å²) in [4.78, 5) is 20.7. The van der Waals surface area contributed by atoms with Crippen LogP contribution >= 0.6 is 0 Å². The number of likely N-dealkylation sites (tertiary alicyclic amines) is 2. The van der Waals surface area contributed by atoms with Crippen LogP contribution in [0.3, 0.4) is 0 Å². The summed E-state index contributed by atoms with van der Waals surface area (Å²) in [5, 5.41) is 0.